The molecule has 0 bridgehead atoms. The number of nitrogens with zero attached hydrogens (tertiary/aromatic N) is 3. The van der Waals surface area contributed by atoms with E-state index < -0.39 is 0 Å². The van der Waals surface area contributed by atoms with Gasteiger partial charge in [-0.25, -0.2) is 4.98 Å². The first-order valence-corrected chi connectivity index (χ1v) is 10.3. The molecule has 8 nitrogen and oxygen atoms in total. The molecule has 2 aromatic heterocycles. The van der Waals surface area contributed by atoms with Crippen molar-refractivity contribution in [1.29, 1.82) is 0 Å². The molecule has 1 aliphatic rings. The first-order chi connectivity index (χ1) is 15.1. The molecule has 1 fully saturated rings. The van der Waals surface area contributed by atoms with E-state index in [0.717, 1.165) is 30.1 Å². The minimum atomic E-state index is -0.319. The number of morpholine rings is 1. The molecule has 1 amide bonds. The van der Waals surface area contributed by atoms with E-state index in [2.05, 4.69) is 25.3 Å². The number of aromatic amines is 1. The molecule has 5 rings (SSSR count). The molecule has 4 aromatic rings. The van der Waals surface area contributed by atoms with E-state index in [9.17, 15) is 4.79 Å². The largest absolute Gasteiger partial charge is 0.378 e. The Morgan fingerprint density at radius 3 is 2.81 bits per heavy atom. The van der Waals surface area contributed by atoms with Crippen molar-refractivity contribution < 1.29 is 14.1 Å². The van der Waals surface area contributed by atoms with Crippen molar-refractivity contribution in [2.24, 2.45) is 0 Å². The number of halogens is 1. The molecule has 158 valence electrons. The lowest BCUT2D eigenvalue weighted by molar-refractivity contribution is 0.102. The van der Waals surface area contributed by atoms with Crippen LogP contribution in [0, 0.1) is 6.92 Å². The Bertz CT molecular complexity index is 1260. The normalized spacial score (nSPS) is 14.2. The van der Waals surface area contributed by atoms with Crippen molar-refractivity contribution in [3.8, 4) is 11.3 Å². The van der Waals surface area contributed by atoms with Gasteiger partial charge >= 0.3 is 0 Å². The number of hydrogen-bond donors (Lipinski definition) is 2. The van der Waals surface area contributed by atoms with E-state index in [1.54, 1.807) is 19.1 Å². The van der Waals surface area contributed by atoms with E-state index in [-0.39, 0.29) is 5.91 Å². The number of nitrogens with one attached hydrogen (secondary N) is 2. The van der Waals surface area contributed by atoms with Crippen molar-refractivity contribution in [2.45, 2.75) is 6.92 Å². The van der Waals surface area contributed by atoms with Crippen LogP contribution in [0.25, 0.3) is 22.3 Å². The second kappa shape index (κ2) is 8.05. The maximum Gasteiger partial charge on any atom is 0.261 e. The smallest absolute Gasteiger partial charge is 0.261 e. The molecule has 31 heavy (non-hydrogen) atoms. The summed E-state index contributed by atoms with van der Waals surface area (Å²) in [6.45, 7) is 4.66. The Hall–Kier alpha value is -3.36. The number of amides is 1. The van der Waals surface area contributed by atoms with Crippen LogP contribution in [-0.4, -0.2) is 47.3 Å². The van der Waals surface area contributed by atoms with Gasteiger partial charge in [0.1, 0.15) is 17.0 Å². The number of rotatable bonds is 4. The molecule has 0 saturated carbocycles. The molecular weight excluding hydrogens is 418 g/mol. The molecule has 1 saturated heterocycles. The van der Waals surface area contributed by atoms with E-state index in [4.69, 9.17) is 20.9 Å². The third-order valence-electron chi connectivity index (χ3n) is 5.26. The number of carbonyl (C=O) groups is 1. The maximum absolute atomic E-state index is 13.1. The number of benzene rings is 2. The molecule has 0 spiro atoms. The lowest BCUT2D eigenvalue weighted by atomic mass is 10.1. The number of aryl methyl sites for hydroxylation is 1. The topological polar surface area (TPSA) is 96.3 Å². The van der Waals surface area contributed by atoms with Crippen LogP contribution in [0.5, 0.6) is 0 Å². The molecule has 3 heterocycles. The average Bonchev–Trinajstić information content (AvgIpc) is 3.38. The maximum atomic E-state index is 13.1. The summed E-state index contributed by atoms with van der Waals surface area (Å²) >= 11 is 6.30. The third kappa shape index (κ3) is 3.75. The predicted molar refractivity (Wildman–Crippen MR) is 119 cm³/mol. The van der Waals surface area contributed by atoms with E-state index >= 15 is 0 Å². The lowest BCUT2D eigenvalue weighted by Gasteiger charge is -2.26. The van der Waals surface area contributed by atoms with Gasteiger partial charge in [-0.3, -0.25) is 4.79 Å². The fourth-order valence-corrected chi connectivity index (χ4v) is 3.89. The van der Waals surface area contributed by atoms with Crippen LogP contribution in [0.2, 0.25) is 5.02 Å². The molecule has 2 aromatic carbocycles. The highest BCUT2D eigenvalue weighted by atomic mass is 35.5. The number of carbonyl (C=O) groups excluding carboxylic acids is 1. The zero-order chi connectivity index (χ0) is 21.4. The number of anilines is 2. The zero-order valence-electron chi connectivity index (χ0n) is 16.8. The van der Waals surface area contributed by atoms with E-state index in [1.165, 1.54) is 0 Å². The van der Waals surface area contributed by atoms with Gasteiger partial charge in [0.25, 0.3) is 5.91 Å². The summed E-state index contributed by atoms with van der Waals surface area (Å²) in [5, 5.41) is 7.49. The molecule has 0 aliphatic carbocycles. The number of ether oxygens (including phenoxy) is 1. The van der Waals surface area contributed by atoms with Crippen LogP contribution in [0.4, 0.5) is 11.6 Å². The Labute approximate surface area is 183 Å². The van der Waals surface area contributed by atoms with Gasteiger partial charge in [-0.1, -0.05) is 35.0 Å². The van der Waals surface area contributed by atoms with Gasteiger partial charge in [0.2, 0.25) is 5.95 Å². The summed E-state index contributed by atoms with van der Waals surface area (Å²) < 4.78 is 10.7. The monoisotopic (exact) mass is 437 g/mol. The standard InChI is InChI=1S/C22H20ClN5O3/c1-13-19(20(27-31-13)15-4-2-3-5-16(15)23)21(29)24-14-6-7-17-18(12-14)26-22(25-17)28-8-10-30-11-9-28/h2-7,12H,8-11H2,1H3,(H,24,29)(H,25,26). The minimum Gasteiger partial charge on any atom is -0.378 e. The summed E-state index contributed by atoms with van der Waals surface area (Å²) in [5.74, 6) is 0.906. The molecule has 9 heteroatoms. The quantitative estimate of drug-likeness (QED) is 0.495. The van der Waals surface area contributed by atoms with Crippen LogP contribution in [0.15, 0.2) is 47.0 Å². The van der Waals surface area contributed by atoms with Gasteiger partial charge in [-0.05, 0) is 31.2 Å². The van der Waals surface area contributed by atoms with Crippen LogP contribution in [0.3, 0.4) is 0 Å². The molecule has 1 aliphatic heterocycles. The molecule has 2 N–H and O–H groups in total. The average molecular weight is 438 g/mol. The van der Waals surface area contributed by atoms with Crippen molar-refractivity contribution in [3.63, 3.8) is 0 Å². The van der Waals surface area contributed by atoms with Gasteiger partial charge in [0, 0.05) is 24.3 Å². The van der Waals surface area contributed by atoms with Gasteiger partial charge in [0.15, 0.2) is 0 Å². The molecule has 0 unspecified atom stereocenters. The van der Waals surface area contributed by atoms with Gasteiger partial charge in [0.05, 0.1) is 29.3 Å². The van der Waals surface area contributed by atoms with Crippen LogP contribution < -0.4 is 10.2 Å². The lowest BCUT2D eigenvalue weighted by Crippen LogP contribution is -2.36. The van der Waals surface area contributed by atoms with Crippen LogP contribution in [-0.2, 0) is 4.74 Å². The van der Waals surface area contributed by atoms with Crippen molar-refractivity contribution in [1.82, 2.24) is 15.1 Å². The van der Waals surface area contributed by atoms with Crippen LogP contribution >= 0.6 is 11.6 Å². The number of H-pyrrole nitrogens is 1. The van der Waals surface area contributed by atoms with Crippen molar-refractivity contribution >= 4 is 40.2 Å². The third-order valence-corrected chi connectivity index (χ3v) is 5.59. The first kappa shape index (κ1) is 19.6. The van der Waals surface area contributed by atoms with Gasteiger partial charge in [-0.15, -0.1) is 0 Å². The van der Waals surface area contributed by atoms with E-state index in [1.807, 2.05) is 30.3 Å². The highest BCUT2D eigenvalue weighted by Crippen LogP contribution is 2.31. The highest BCUT2D eigenvalue weighted by molar-refractivity contribution is 6.33. The summed E-state index contributed by atoms with van der Waals surface area (Å²) in [6, 6.07) is 12.8. The Balaban J connectivity index is 1.42. The number of hydrogen-bond acceptors (Lipinski definition) is 6. The Morgan fingerprint density at radius 1 is 1.19 bits per heavy atom. The highest BCUT2D eigenvalue weighted by Gasteiger charge is 2.23. The number of aromatic nitrogens is 3. The minimum absolute atomic E-state index is 0.319. The number of imidazole rings is 1. The Kier molecular flexibility index (Phi) is 5.09. The molecule has 0 radical (unpaired) electrons. The second-order valence-corrected chi connectivity index (χ2v) is 7.70. The fourth-order valence-electron chi connectivity index (χ4n) is 3.67. The first-order valence-electron chi connectivity index (χ1n) is 9.95. The summed E-state index contributed by atoms with van der Waals surface area (Å²) in [6.07, 6.45) is 0. The molecule has 0 atom stereocenters. The Morgan fingerprint density at radius 2 is 2.00 bits per heavy atom. The molecular formula is C22H20ClN5O3. The SMILES string of the molecule is Cc1onc(-c2ccccc2Cl)c1C(=O)Nc1ccc2nc(N3CCOCC3)[nH]c2c1. The predicted octanol–water partition coefficient (Wildman–Crippen LogP) is 4.27. The summed E-state index contributed by atoms with van der Waals surface area (Å²) in [7, 11) is 0. The van der Waals surface area contributed by atoms with Gasteiger partial charge in [-0.2, -0.15) is 0 Å². The van der Waals surface area contributed by atoms with E-state index in [0.29, 0.717) is 46.5 Å². The summed E-state index contributed by atoms with van der Waals surface area (Å²) in [4.78, 5) is 23.2. The fraction of sp³-hybridized carbons (Fsp3) is 0.227. The van der Waals surface area contributed by atoms with Gasteiger partial charge < -0.3 is 24.5 Å². The zero-order valence-corrected chi connectivity index (χ0v) is 17.6. The van der Waals surface area contributed by atoms with Crippen molar-refractivity contribution in [3.05, 3.63) is 58.8 Å². The van der Waals surface area contributed by atoms with Crippen molar-refractivity contribution in [2.75, 3.05) is 36.5 Å². The summed E-state index contributed by atoms with van der Waals surface area (Å²) in [5.41, 5.74) is 3.72. The number of fused-ring (bicyclic) bond motifs is 1. The van der Waals surface area contributed by atoms with Crippen LogP contribution in [0.1, 0.15) is 16.1 Å². The second-order valence-electron chi connectivity index (χ2n) is 7.29.